The van der Waals surface area contributed by atoms with Crippen LogP contribution < -0.4 is 0 Å². The van der Waals surface area contributed by atoms with E-state index < -0.39 is 0 Å². The van der Waals surface area contributed by atoms with Gasteiger partial charge in [0.1, 0.15) is 0 Å². The van der Waals surface area contributed by atoms with E-state index >= 15 is 0 Å². The predicted molar refractivity (Wildman–Crippen MR) is 123 cm³/mol. The van der Waals surface area contributed by atoms with Gasteiger partial charge in [0, 0.05) is 9.89 Å². The Bertz CT molecular complexity index is 1180. The zero-order valence-electron chi connectivity index (χ0n) is 16.0. The second kappa shape index (κ2) is 6.46. The second-order valence-electron chi connectivity index (χ2n) is 8.02. The van der Waals surface area contributed by atoms with Crippen LogP contribution in [-0.4, -0.2) is 0 Å². The minimum absolute atomic E-state index is 0.0593. The van der Waals surface area contributed by atoms with Gasteiger partial charge in [-0.25, -0.2) is 0 Å². The van der Waals surface area contributed by atoms with Crippen molar-refractivity contribution in [3.05, 3.63) is 107 Å². The van der Waals surface area contributed by atoms with E-state index in [0.29, 0.717) is 0 Å². The average Bonchev–Trinajstić information content (AvgIpc) is 2.96. The second-order valence-corrected chi connectivity index (χ2v) is 8.93. The molecule has 0 nitrogen and oxygen atoms in total. The maximum absolute atomic E-state index is 3.52. The summed E-state index contributed by atoms with van der Waals surface area (Å²) in [5.41, 5.74) is 10.6. The molecule has 1 heteroatoms. The van der Waals surface area contributed by atoms with Gasteiger partial charge >= 0.3 is 0 Å². The number of benzene rings is 4. The Labute approximate surface area is 175 Å². The molecule has 28 heavy (non-hydrogen) atoms. The van der Waals surface area contributed by atoms with Crippen molar-refractivity contribution in [3.8, 4) is 33.4 Å². The quantitative estimate of drug-likeness (QED) is 0.304. The molecule has 0 atom stereocenters. The van der Waals surface area contributed by atoms with Crippen LogP contribution in [0.4, 0.5) is 0 Å². The van der Waals surface area contributed by atoms with Crippen LogP contribution in [0.2, 0.25) is 0 Å². The van der Waals surface area contributed by atoms with E-state index in [1.165, 1.54) is 44.5 Å². The van der Waals surface area contributed by atoms with E-state index in [4.69, 9.17) is 0 Å². The third-order valence-corrected chi connectivity index (χ3v) is 6.49. The summed E-state index contributed by atoms with van der Waals surface area (Å²) in [6.45, 7) is 4.65. The van der Waals surface area contributed by atoms with Crippen molar-refractivity contribution in [2.75, 3.05) is 0 Å². The Balaban J connectivity index is 1.62. The Morgan fingerprint density at radius 3 is 1.93 bits per heavy atom. The molecule has 4 aromatic rings. The molecule has 0 aliphatic heterocycles. The standard InChI is InChI=1S/C27H21Br/c1-27(2)25-9-4-3-8-23(25)24-17-21(12-15-26(24)27)20-7-5-6-19(16-20)18-10-13-22(28)14-11-18/h3-17H,1-2H3. The molecule has 0 bridgehead atoms. The van der Waals surface area contributed by atoms with Gasteiger partial charge in [-0.05, 0) is 68.8 Å². The summed E-state index contributed by atoms with van der Waals surface area (Å²) >= 11 is 3.52. The number of hydrogen-bond donors (Lipinski definition) is 0. The molecule has 0 amide bonds. The predicted octanol–water partition coefficient (Wildman–Crippen LogP) is 8.09. The lowest BCUT2D eigenvalue weighted by Gasteiger charge is -2.21. The zero-order chi connectivity index (χ0) is 19.3. The first-order valence-corrected chi connectivity index (χ1v) is 10.4. The molecule has 136 valence electrons. The van der Waals surface area contributed by atoms with E-state index in [9.17, 15) is 0 Å². The fourth-order valence-corrected chi connectivity index (χ4v) is 4.68. The first-order valence-electron chi connectivity index (χ1n) is 9.65. The van der Waals surface area contributed by atoms with E-state index in [-0.39, 0.29) is 5.41 Å². The highest BCUT2D eigenvalue weighted by atomic mass is 79.9. The minimum atomic E-state index is 0.0593. The molecule has 1 aliphatic rings. The molecule has 0 fully saturated rings. The van der Waals surface area contributed by atoms with Crippen molar-refractivity contribution in [1.82, 2.24) is 0 Å². The van der Waals surface area contributed by atoms with E-state index in [1.807, 2.05) is 0 Å². The molecule has 0 spiro atoms. The Morgan fingerprint density at radius 1 is 0.536 bits per heavy atom. The van der Waals surface area contributed by atoms with Crippen LogP contribution in [0.5, 0.6) is 0 Å². The van der Waals surface area contributed by atoms with Crippen LogP contribution in [0, 0.1) is 0 Å². The lowest BCUT2D eigenvalue weighted by molar-refractivity contribution is 0.660. The largest absolute Gasteiger partial charge is 0.0619 e. The molecule has 0 saturated heterocycles. The normalized spacial score (nSPS) is 13.8. The molecule has 4 aromatic carbocycles. The van der Waals surface area contributed by atoms with Crippen LogP contribution >= 0.6 is 15.9 Å². The highest BCUT2D eigenvalue weighted by molar-refractivity contribution is 9.10. The highest BCUT2D eigenvalue weighted by Crippen LogP contribution is 2.49. The first kappa shape index (κ1) is 17.5. The highest BCUT2D eigenvalue weighted by Gasteiger charge is 2.34. The van der Waals surface area contributed by atoms with Crippen LogP contribution in [-0.2, 0) is 5.41 Å². The number of rotatable bonds is 2. The number of halogens is 1. The van der Waals surface area contributed by atoms with Gasteiger partial charge in [-0.15, -0.1) is 0 Å². The fourth-order valence-electron chi connectivity index (χ4n) is 4.42. The average molecular weight is 425 g/mol. The molecule has 0 unspecified atom stereocenters. The van der Waals surface area contributed by atoms with Gasteiger partial charge in [-0.2, -0.15) is 0 Å². The Hall–Kier alpha value is -2.64. The monoisotopic (exact) mass is 424 g/mol. The van der Waals surface area contributed by atoms with Gasteiger partial charge in [0.25, 0.3) is 0 Å². The van der Waals surface area contributed by atoms with Gasteiger partial charge in [0.05, 0.1) is 0 Å². The number of hydrogen-bond acceptors (Lipinski definition) is 0. The summed E-state index contributed by atoms with van der Waals surface area (Å²) in [6.07, 6.45) is 0. The SMILES string of the molecule is CC1(C)c2ccccc2-c2cc(-c3cccc(-c4ccc(Br)cc4)c3)ccc21. The summed E-state index contributed by atoms with van der Waals surface area (Å²) in [5, 5.41) is 0. The van der Waals surface area contributed by atoms with Crippen LogP contribution in [0.25, 0.3) is 33.4 Å². The molecule has 0 heterocycles. The van der Waals surface area contributed by atoms with Gasteiger partial charge in [0.15, 0.2) is 0 Å². The fraction of sp³-hybridized carbons (Fsp3) is 0.111. The lowest BCUT2D eigenvalue weighted by atomic mass is 9.82. The lowest BCUT2D eigenvalue weighted by Crippen LogP contribution is -2.14. The number of fused-ring (bicyclic) bond motifs is 3. The van der Waals surface area contributed by atoms with Gasteiger partial charge < -0.3 is 0 Å². The molecule has 0 N–H and O–H groups in total. The third-order valence-electron chi connectivity index (χ3n) is 5.96. The zero-order valence-corrected chi connectivity index (χ0v) is 17.6. The molecule has 0 saturated carbocycles. The van der Waals surface area contributed by atoms with Crippen LogP contribution in [0.3, 0.4) is 0 Å². The third kappa shape index (κ3) is 2.73. The van der Waals surface area contributed by atoms with Crippen molar-refractivity contribution < 1.29 is 0 Å². The molecule has 1 aliphatic carbocycles. The van der Waals surface area contributed by atoms with Crippen molar-refractivity contribution in [2.24, 2.45) is 0 Å². The molecule has 0 aromatic heterocycles. The van der Waals surface area contributed by atoms with Crippen molar-refractivity contribution in [1.29, 1.82) is 0 Å². The summed E-state index contributed by atoms with van der Waals surface area (Å²) in [7, 11) is 0. The topological polar surface area (TPSA) is 0 Å². The molecular weight excluding hydrogens is 404 g/mol. The van der Waals surface area contributed by atoms with Crippen molar-refractivity contribution in [2.45, 2.75) is 19.3 Å². The van der Waals surface area contributed by atoms with Crippen LogP contribution in [0.1, 0.15) is 25.0 Å². The summed E-state index contributed by atoms with van der Waals surface area (Å²) in [5.74, 6) is 0. The summed E-state index contributed by atoms with van der Waals surface area (Å²) < 4.78 is 1.10. The maximum Gasteiger partial charge on any atom is 0.0175 e. The van der Waals surface area contributed by atoms with Gasteiger partial charge in [-0.1, -0.05) is 96.5 Å². The van der Waals surface area contributed by atoms with E-state index in [1.54, 1.807) is 0 Å². The van der Waals surface area contributed by atoms with E-state index in [0.717, 1.165) is 4.47 Å². The van der Waals surface area contributed by atoms with Crippen molar-refractivity contribution in [3.63, 3.8) is 0 Å². The summed E-state index contributed by atoms with van der Waals surface area (Å²) in [4.78, 5) is 0. The Kier molecular flexibility index (Phi) is 4.03. The van der Waals surface area contributed by atoms with Crippen molar-refractivity contribution >= 4 is 15.9 Å². The minimum Gasteiger partial charge on any atom is -0.0619 e. The summed E-state index contributed by atoms with van der Waals surface area (Å²) in [6, 6.07) is 33.1. The molecule has 0 radical (unpaired) electrons. The van der Waals surface area contributed by atoms with Crippen LogP contribution in [0.15, 0.2) is 95.5 Å². The van der Waals surface area contributed by atoms with Gasteiger partial charge in [0.2, 0.25) is 0 Å². The first-order chi connectivity index (χ1) is 13.5. The molecule has 5 rings (SSSR count). The smallest absolute Gasteiger partial charge is 0.0175 e. The van der Waals surface area contributed by atoms with E-state index in [2.05, 4.69) is 121 Å². The maximum atomic E-state index is 3.52. The molecular formula is C27H21Br. The van der Waals surface area contributed by atoms with Gasteiger partial charge in [-0.3, -0.25) is 0 Å². The Morgan fingerprint density at radius 2 is 1.14 bits per heavy atom.